The molecule has 1 heterocycles. The summed E-state index contributed by atoms with van der Waals surface area (Å²) in [6, 6.07) is 10.3. The van der Waals surface area contributed by atoms with Crippen LogP contribution in [0.3, 0.4) is 0 Å². The maximum Gasteiger partial charge on any atom is 0.416 e. The lowest BCUT2D eigenvalue weighted by molar-refractivity contribution is -0.137. The van der Waals surface area contributed by atoms with Crippen molar-refractivity contribution in [3.8, 4) is 17.0 Å². The van der Waals surface area contributed by atoms with Crippen molar-refractivity contribution < 1.29 is 18.3 Å². The van der Waals surface area contributed by atoms with Crippen LogP contribution in [0.5, 0.6) is 5.75 Å². The van der Waals surface area contributed by atoms with E-state index in [-0.39, 0.29) is 17.1 Å². The molecule has 0 aliphatic carbocycles. The highest BCUT2D eigenvalue weighted by Crippen LogP contribution is 2.32. The van der Waals surface area contributed by atoms with Crippen LogP contribution in [0.1, 0.15) is 5.56 Å². The summed E-state index contributed by atoms with van der Waals surface area (Å²) in [5.41, 5.74) is -0.686. The van der Waals surface area contributed by atoms with Crippen molar-refractivity contribution in [1.82, 2.24) is 10.2 Å². The van der Waals surface area contributed by atoms with Crippen LogP contribution >= 0.6 is 0 Å². The number of rotatable bonds is 3. The van der Waals surface area contributed by atoms with Gasteiger partial charge >= 0.3 is 6.18 Å². The molecular weight excluding hydrogens is 337 g/mol. The lowest BCUT2D eigenvalue weighted by Gasteiger charge is -2.05. The molecule has 0 fully saturated rings. The molecule has 0 radical (unpaired) electrons. The first-order valence-electron chi connectivity index (χ1n) is 7.03. The van der Waals surface area contributed by atoms with E-state index in [1.807, 2.05) is 0 Å². The van der Waals surface area contributed by atoms with Gasteiger partial charge in [-0.25, -0.2) is 0 Å². The summed E-state index contributed by atoms with van der Waals surface area (Å²) >= 11 is 0. The number of aromatic amines is 2. The number of nitrogens with zero attached hydrogens (tertiary/aromatic N) is 2. The van der Waals surface area contributed by atoms with Gasteiger partial charge in [0, 0.05) is 5.56 Å². The topological polar surface area (TPSA) is 93.6 Å². The summed E-state index contributed by atoms with van der Waals surface area (Å²) in [5, 5.41) is 21.8. The zero-order chi connectivity index (χ0) is 18.0. The first-order valence-corrected chi connectivity index (χ1v) is 7.03. The lowest BCUT2D eigenvalue weighted by atomic mass is 10.1. The van der Waals surface area contributed by atoms with Gasteiger partial charge in [0.1, 0.15) is 5.75 Å². The fourth-order valence-electron chi connectivity index (χ4n) is 2.14. The van der Waals surface area contributed by atoms with Crippen molar-refractivity contribution in [3.05, 3.63) is 64.4 Å². The normalized spacial score (nSPS) is 12.0. The van der Waals surface area contributed by atoms with Gasteiger partial charge in [-0.3, -0.25) is 15.0 Å². The van der Waals surface area contributed by atoms with E-state index >= 15 is 0 Å². The third-order valence-corrected chi connectivity index (χ3v) is 3.35. The van der Waals surface area contributed by atoms with Crippen molar-refractivity contribution in [2.75, 3.05) is 0 Å². The second-order valence-electron chi connectivity index (χ2n) is 5.10. The number of hydrogen-bond donors (Lipinski definition) is 3. The van der Waals surface area contributed by atoms with Crippen molar-refractivity contribution in [2.24, 2.45) is 10.2 Å². The molecule has 128 valence electrons. The highest BCUT2D eigenvalue weighted by molar-refractivity contribution is 5.71. The highest BCUT2D eigenvalue weighted by Gasteiger charge is 2.30. The Kier molecular flexibility index (Phi) is 4.14. The second-order valence-corrected chi connectivity index (χ2v) is 5.10. The van der Waals surface area contributed by atoms with Crippen LogP contribution in [0, 0.1) is 0 Å². The number of H-pyrrole nitrogens is 2. The molecule has 0 unspecified atom stereocenters. The summed E-state index contributed by atoms with van der Waals surface area (Å²) < 4.78 is 38.1. The van der Waals surface area contributed by atoms with Gasteiger partial charge in [-0.15, -0.1) is 5.11 Å². The van der Waals surface area contributed by atoms with E-state index in [0.29, 0.717) is 11.3 Å². The number of benzene rings is 2. The van der Waals surface area contributed by atoms with Crippen LogP contribution < -0.4 is 5.56 Å². The predicted octanol–water partition coefficient (Wildman–Crippen LogP) is 4.51. The molecule has 6 nitrogen and oxygen atoms in total. The van der Waals surface area contributed by atoms with E-state index in [1.54, 1.807) is 12.1 Å². The second kappa shape index (κ2) is 6.27. The Morgan fingerprint density at radius 2 is 1.68 bits per heavy atom. The zero-order valence-electron chi connectivity index (χ0n) is 12.5. The van der Waals surface area contributed by atoms with E-state index in [9.17, 15) is 23.1 Å². The molecule has 25 heavy (non-hydrogen) atoms. The highest BCUT2D eigenvalue weighted by atomic mass is 19.4. The third kappa shape index (κ3) is 3.60. The molecule has 0 bridgehead atoms. The number of aromatic nitrogens is 2. The SMILES string of the molecule is O=c1[nH][nH]c(-c2ccc(O)cc2)c1N=Nc1cccc(C(F)(F)F)c1. The van der Waals surface area contributed by atoms with Crippen LogP contribution in [0.2, 0.25) is 0 Å². The number of phenolic OH excluding ortho intramolecular Hbond substituents is 1. The number of phenols is 1. The Balaban J connectivity index is 1.96. The minimum absolute atomic E-state index is 0.0351. The summed E-state index contributed by atoms with van der Waals surface area (Å²) in [7, 11) is 0. The number of hydrogen-bond acceptors (Lipinski definition) is 4. The van der Waals surface area contributed by atoms with Crippen LogP contribution in [-0.4, -0.2) is 15.3 Å². The standard InChI is InChI=1S/C16H11F3N4O2/c17-16(18,19)10-2-1-3-11(8-10)20-22-14-13(21-23-15(14)25)9-4-6-12(24)7-5-9/h1-8,24H,(H2,21,23,25). The number of nitrogens with one attached hydrogen (secondary N) is 2. The van der Waals surface area contributed by atoms with E-state index in [2.05, 4.69) is 20.4 Å². The molecule has 0 aliphatic heterocycles. The van der Waals surface area contributed by atoms with E-state index in [1.165, 1.54) is 24.3 Å². The molecule has 0 saturated carbocycles. The van der Waals surface area contributed by atoms with E-state index in [4.69, 9.17) is 0 Å². The minimum atomic E-state index is -4.49. The predicted molar refractivity (Wildman–Crippen MR) is 84.1 cm³/mol. The molecular formula is C16H11F3N4O2. The van der Waals surface area contributed by atoms with Crippen molar-refractivity contribution >= 4 is 11.4 Å². The number of aromatic hydroxyl groups is 1. The van der Waals surface area contributed by atoms with Gasteiger partial charge in [-0.2, -0.15) is 18.3 Å². The van der Waals surface area contributed by atoms with Crippen molar-refractivity contribution in [2.45, 2.75) is 6.18 Å². The van der Waals surface area contributed by atoms with Crippen molar-refractivity contribution in [3.63, 3.8) is 0 Å². The van der Waals surface area contributed by atoms with Gasteiger partial charge in [0.2, 0.25) is 0 Å². The fraction of sp³-hybridized carbons (Fsp3) is 0.0625. The van der Waals surface area contributed by atoms with E-state index < -0.39 is 17.3 Å². The Morgan fingerprint density at radius 1 is 0.960 bits per heavy atom. The molecule has 2 aromatic carbocycles. The molecule has 0 spiro atoms. The monoisotopic (exact) mass is 348 g/mol. The van der Waals surface area contributed by atoms with Gasteiger partial charge < -0.3 is 5.11 Å². The first kappa shape index (κ1) is 16.5. The summed E-state index contributed by atoms with van der Waals surface area (Å²) in [4.78, 5) is 11.9. The number of halogens is 3. The smallest absolute Gasteiger partial charge is 0.416 e. The van der Waals surface area contributed by atoms with Gasteiger partial charge in [-0.1, -0.05) is 6.07 Å². The van der Waals surface area contributed by atoms with Crippen LogP contribution in [0.25, 0.3) is 11.3 Å². The van der Waals surface area contributed by atoms with Gasteiger partial charge in [0.05, 0.1) is 16.9 Å². The van der Waals surface area contributed by atoms with E-state index in [0.717, 1.165) is 12.1 Å². The fourth-order valence-corrected chi connectivity index (χ4v) is 2.14. The zero-order valence-corrected chi connectivity index (χ0v) is 12.5. The average Bonchev–Trinajstić information content (AvgIpc) is 2.94. The first-order chi connectivity index (χ1) is 11.8. The number of azo groups is 1. The van der Waals surface area contributed by atoms with Gasteiger partial charge in [-0.05, 0) is 42.5 Å². The number of alkyl halides is 3. The van der Waals surface area contributed by atoms with Crippen LogP contribution in [-0.2, 0) is 6.18 Å². The lowest BCUT2D eigenvalue weighted by Crippen LogP contribution is -2.03. The van der Waals surface area contributed by atoms with Gasteiger partial charge in [0.25, 0.3) is 5.56 Å². The maximum atomic E-state index is 12.7. The molecule has 0 saturated heterocycles. The average molecular weight is 348 g/mol. The Hall–Kier alpha value is -3.36. The molecule has 3 N–H and O–H groups in total. The maximum absolute atomic E-state index is 12.7. The van der Waals surface area contributed by atoms with Crippen molar-refractivity contribution in [1.29, 1.82) is 0 Å². The largest absolute Gasteiger partial charge is 0.508 e. The van der Waals surface area contributed by atoms with Crippen LogP contribution in [0.15, 0.2) is 63.6 Å². The molecule has 9 heteroatoms. The molecule has 3 aromatic rings. The third-order valence-electron chi connectivity index (χ3n) is 3.35. The Morgan fingerprint density at radius 3 is 2.36 bits per heavy atom. The molecule has 3 rings (SSSR count). The minimum Gasteiger partial charge on any atom is -0.508 e. The molecule has 0 atom stereocenters. The summed E-state index contributed by atoms with van der Waals surface area (Å²) in [5.74, 6) is 0.0498. The van der Waals surface area contributed by atoms with Crippen LogP contribution in [0.4, 0.5) is 24.5 Å². The Labute approximate surface area is 138 Å². The molecule has 0 aliphatic rings. The summed E-state index contributed by atoms with van der Waals surface area (Å²) in [6.07, 6.45) is -4.49. The van der Waals surface area contributed by atoms with Gasteiger partial charge in [0.15, 0.2) is 5.69 Å². The summed E-state index contributed by atoms with van der Waals surface area (Å²) in [6.45, 7) is 0. The Bertz CT molecular complexity index is 972. The molecule has 1 aromatic heterocycles. The molecule has 0 amide bonds. The quantitative estimate of drug-likeness (QED) is 0.608.